The predicted molar refractivity (Wildman–Crippen MR) is 171 cm³/mol. The molecule has 0 heterocycles. The molecule has 0 spiro atoms. The summed E-state index contributed by atoms with van der Waals surface area (Å²) in [7, 11) is 3.06. The Hall–Kier alpha value is -5.50. The van der Waals surface area contributed by atoms with Gasteiger partial charge in [0.1, 0.15) is 28.8 Å². The maximum atomic E-state index is 13.5. The Balaban J connectivity index is 1.88. The third-order valence-corrected chi connectivity index (χ3v) is 6.15. The van der Waals surface area contributed by atoms with E-state index in [1.165, 1.54) is 14.2 Å². The first-order valence-corrected chi connectivity index (χ1v) is 13.4. The second-order valence-electron chi connectivity index (χ2n) is 9.07. The number of ether oxygens (including phenoxy) is 4. The predicted octanol–water partition coefficient (Wildman–Crippen LogP) is 7.31. The Morgan fingerprint density at radius 2 is 1.63 bits per heavy atom. The highest BCUT2D eigenvalue weighted by molar-refractivity contribution is 6.08. The van der Waals surface area contributed by atoms with E-state index in [1.54, 1.807) is 79.7 Å². The number of rotatable bonds is 14. The van der Waals surface area contributed by atoms with Crippen LogP contribution in [0.4, 0.5) is 11.4 Å². The van der Waals surface area contributed by atoms with Crippen LogP contribution in [0.25, 0.3) is 5.76 Å². The molecule has 0 bridgehead atoms. The first-order chi connectivity index (χ1) is 20.8. The summed E-state index contributed by atoms with van der Waals surface area (Å²) in [5.41, 5.74) is 2.57. The monoisotopic (exact) mass is 580 g/mol. The fourth-order valence-electron chi connectivity index (χ4n) is 3.85. The Morgan fingerprint density at radius 3 is 2.26 bits per heavy atom. The summed E-state index contributed by atoms with van der Waals surface area (Å²) in [6, 6.07) is 21.1. The van der Waals surface area contributed by atoms with Crippen LogP contribution in [0.3, 0.4) is 0 Å². The molecule has 43 heavy (non-hydrogen) atoms. The van der Waals surface area contributed by atoms with Crippen molar-refractivity contribution in [3.8, 4) is 17.2 Å². The molecule has 0 unspecified atom stereocenters. The number of carbonyl (C=O) groups is 2. The Kier molecular flexibility index (Phi) is 12.0. The van der Waals surface area contributed by atoms with Gasteiger partial charge in [0.25, 0.3) is 11.8 Å². The molecule has 0 aliphatic rings. The van der Waals surface area contributed by atoms with E-state index in [4.69, 9.17) is 18.9 Å². The van der Waals surface area contributed by atoms with Crippen molar-refractivity contribution >= 4 is 28.9 Å². The average molecular weight is 581 g/mol. The molecule has 0 aliphatic carbocycles. The molecular weight excluding hydrogens is 544 g/mol. The normalized spacial score (nSPS) is 11.7. The lowest BCUT2D eigenvalue weighted by Gasteiger charge is -2.18. The van der Waals surface area contributed by atoms with Gasteiger partial charge < -0.3 is 29.6 Å². The smallest absolute Gasteiger partial charge is 0.262 e. The average Bonchev–Trinajstić information content (AvgIpc) is 3.03. The number of hydrogen-bond donors (Lipinski definition) is 2. The summed E-state index contributed by atoms with van der Waals surface area (Å²) in [4.78, 5) is 25.9. The van der Waals surface area contributed by atoms with Crippen molar-refractivity contribution in [1.29, 1.82) is 0 Å². The summed E-state index contributed by atoms with van der Waals surface area (Å²) >= 11 is 0. The van der Waals surface area contributed by atoms with E-state index >= 15 is 0 Å². The van der Waals surface area contributed by atoms with Gasteiger partial charge >= 0.3 is 0 Å². The summed E-state index contributed by atoms with van der Waals surface area (Å²) < 4.78 is 22.4. The molecule has 3 aromatic rings. The Bertz CT molecular complexity index is 1540. The molecule has 2 amide bonds. The highest BCUT2D eigenvalue weighted by Gasteiger charge is 2.19. The summed E-state index contributed by atoms with van der Waals surface area (Å²) in [5, 5.41) is 5.68. The molecule has 222 valence electrons. The number of carbonyl (C=O) groups excluding carboxylic acids is 2. The van der Waals surface area contributed by atoms with Crippen LogP contribution in [0.1, 0.15) is 19.4 Å². The van der Waals surface area contributed by atoms with Crippen LogP contribution in [-0.4, -0.2) is 32.6 Å². The van der Waals surface area contributed by atoms with E-state index in [0.29, 0.717) is 45.5 Å². The van der Waals surface area contributed by atoms with Gasteiger partial charge in [-0.1, -0.05) is 55.7 Å². The van der Waals surface area contributed by atoms with Crippen molar-refractivity contribution in [2.75, 3.05) is 31.5 Å². The van der Waals surface area contributed by atoms with Crippen LogP contribution in [0.2, 0.25) is 0 Å². The number of benzene rings is 3. The molecule has 0 aromatic heterocycles. The molecule has 0 radical (unpaired) electrons. The summed E-state index contributed by atoms with van der Waals surface area (Å²) in [5.74, 6) is 1.50. The van der Waals surface area contributed by atoms with E-state index in [1.807, 2.05) is 31.2 Å². The lowest BCUT2D eigenvalue weighted by Crippen LogP contribution is -2.20. The standard InChI is InChI=1S/C35H36N2O6/c1-7-9-13-26(8-2)25(4)43-34(24(3)35(39)37-31-22-30(40-5)20-21-32(31)41-6)27-16-18-28(19-17-27)36-33(38)23-42-29-14-11-10-12-15-29/h7-22H,1,4,23H2,2-3,5-6H3,(H,36,38)(H,37,39)/b13-9-,26-8+,34-24+. The first kappa shape index (κ1) is 32.0. The summed E-state index contributed by atoms with van der Waals surface area (Å²) in [6.45, 7) is 11.1. The van der Waals surface area contributed by atoms with Crippen molar-refractivity contribution in [2.45, 2.75) is 13.8 Å². The number of hydrogen-bond acceptors (Lipinski definition) is 6. The van der Waals surface area contributed by atoms with Gasteiger partial charge in [-0.2, -0.15) is 0 Å². The zero-order valence-electron chi connectivity index (χ0n) is 24.8. The van der Waals surface area contributed by atoms with Gasteiger partial charge in [0.15, 0.2) is 6.61 Å². The Morgan fingerprint density at radius 1 is 0.907 bits per heavy atom. The topological polar surface area (TPSA) is 95.1 Å². The second-order valence-corrected chi connectivity index (χ2v) is 9.07. The van der Waals surface area contributed by atoms with Crippen molar-refractivity contribution in [1.82, 2.24) is 0 Å². The fourth-order valence-corrected chi connectivity index (χ4v) is 3.85. The summed E-state index contributed by atoms with van der Waals surface area (Å²) in [6.07, 6.45) is 7.05. The number of methoxy groups -OCH3 is 2. The van der Waals surface area contributed by atoms with Crippen molar-refractivity contribution < 1.29 is 28.5 Å². The number of amides is 2. The van der Waals surface area contributed by atoms with Crippen LogP contribution in [-0.2, 0) is 14.3 Å². The lowest BCUT2D eigenvalue weighted by molar-refractivity contribution is -0.118. The number of allylic oxidation sites excluding steroid dienone is 4. The van der Waals surface area contributed by atoms with Gasteiger partial charge in [-0.05, 0) is 62.4 Å². The van der Waals surface area contributed by atoms with E-state index in [-0.39, 0.29) is 23.8 Å². The van der Waals surface area contributed by atoms with Crippen LogP contribution in [0, 0.1) is 0 Å². The van der Waals surface area contributed by atoms with Gasteiger partial charge in [-0.15, -0.1) is 0 Å². The van der Waals surface area contributed by atoms with Crippen molar-refractivity contribution in [3.63, 3.8) is 0 Å². The molecule has 0 saturated heterocycles. The molecule has 8 heteroatoms. The fraction of sp³-hybridized carbons (Fsp3) is 0.143. The highest BCUT2D eigenvalue weighted by atomic mass is 16.5. The zero-order chi connectivity index (χ0) is 31.2. The SMILES string of the molecule is C=C/C=C\C(=C/C)C(=C)O/C(=C(\C)C(=O)Nc1cc(OC)ccc1OC)c1ccc(NC(=O)COc2ccccc2)cc1. The minimum atomic E-state index is -0.423. The molecule has 3 aromatic carbocycles. The van der Waals surface area contributed by atoms with Crippen LogP contribution in [0.5, 0.6) is 17.2 Å². The molecule has 0 saturated carbocycles. The maximum absolute atomic E-state index is 13.5. The van der Waals surface area contributed by atoms with Crippen LogP contribution in [0.15, 0.2) is 127 Å². The number of anilines is 2. The maximum Gasteiger partial charge on any atom is 0.262 e. The van der Waals surface area contributed by atoms with E-state index in [0.717, 1.165) is 0 Å². The minimum absolute atomic E-state index is 0.142. The third kappa shape index (κ3) is 9.26. The molecule has 2 N–H and O–H groups in total. The first-order valence-electron chi connectivity index (χ1n) is 13.4. The molecular formula is C35H36N2O6. The minimum Gasteiger partial charge on any atom is -0.497 e. The highest BCUT2D eigenvalue weighted by Crippen LogP contribution is 2.31. The van der Waals surface area contributed by atoms with E-state index in [9.17, 15) is 9.59 Å². The molecule has 0 aliphatic heterocycles. The number of nitrogens with one attached hydrogen (secondary N) is 2. The van der Waals surface area contributed by atoms with Crippen molar-refractivity contribution in [2.24, 2.45) is 0 Å². The Labute approximate surface area is 252 Å². The van der Waals surface area contributed by atoms with Crippen molar-refractivity contribution in [3.05, 3.63) is 133 Å². The molecule has 3 rings (SSSR count). The lowest BCUT2D eigenvalue weighted by atomic mass is 10.1. The quantitative estimate of drug-likeness (QED) is 0.118. The molecule has 0 atom stereocenters. The van der Waals surface area contributed by atoms with Gasteiger partial charge in [0, 0.05) is 22.9 Å². The zero-order valence-corrected chi connectivity index (χ0v) is 24.8. The van der Waals surface area contributed by atoms with Crippen LogP contribution >= 0.6 is 0 Å². The largest absolute Gasteiger partial charge is 0.497 e. The van der Waals surface area contributed by atoms with Gasteiger partial charge in [0.05, 0.1) is 25.5 Å². The number of para-hydroxylation sites is 1. The van der Waals surface area contributed by atoms with Crippen LogP contribution < -0.4 is 24.8 Å². The molecule has 8 nitrogen and oxygen atoms in total. The van der Waals surface area contributed by atoms with E-state index in [2.05, 4.69) is 23.8 Å². The third-order valence-electron chi connectivity index (χ3n) is 6.15. The molecule has 0 fully saturated rings. The van der Waals surface area contributed by atoms with E-state index < -0.39 is 5.91 Å². The van der Waals surface area contributed by atoms with Gasteiger partial charge in [-0.3, -0.25) is 9.59 Å². The second kappa shape index (κ2) is 16.1. The van der Waals surface area contributed by atoms with Gasteiger partial charge in [-0.25, -0.2) is 0 Å². The van der Waals surface area contributed by atoms with Gasteiger partial charge in [0.2, 0.25) is 0 Å².